The lowest BCUT2D eigenvalue weighted by Gasteiger charge is -2.30. The number of hydrogen-bond acceptors (Lipinski definition) is 4. The van der Waals surface area contributed by atoms with Crippen LogP contribution in [0.3, 0.4) is 0 Å². The second-order valence-electron chi connectivity index (χ2n) is 9.03. The average molecular weight is 458 g/mol. The van der Waals surface area contributed by atoms with E-state index in [0.29, 0.717) is 24.1 Å². The van der Waals surface area contributed by atoms with Gasteiger partial charge in [0.1, 0.15) is 0 Å². The highest BCUT2D eigenvalue weighted by Gasteiger charge is 2.36. The minimum atomic E-state index is -2.69. The third kappa shape index (κ3) is 5.39. The fourth-order valence-electron chi connectivity index (χ4n) is 4.81. The van der Waals surface area contributed by atoms with Gasteiger partial charge in [0, 0.05) is 43.1 Å². The lowest BCUT2D eigenvalue weighted by Crippen LogP contribution is -2.49. The molecule has 1 aliphatic heterocycles. The molecule has 1 heterocycles. The number of benzene rings is 2. The van der Waals surface area contributed by atoms with E-state index in [4.69, 9.17) is 5.73 Å². The number of primary amides is 1. The Balaban J connectivity index is 1.41. The Labute approximate surface area is 191 Å². The van der Waals surface area contributed by atoms with Gasteiger partial charge in [0.05, 0.1) is 6.10 Å². The number of halogens is 2. The Kier molecular flexibility index (Phi) is 6.76. The quantitative estimate of drug-likeness (QED) is 0.535. The van der Waals surface area contributed by atoms with E-state index in [-0.39, 0.29) is 49.8 Å². The van der Waals surface area contributed by atoms with Crippen LogP contribution in [0.5, 0.6) is 0 Å². The summed E-state index contributed by atoms with van der Waals surface area (Å²) in [5.41, 5.74) is 8.97. The van der Waals surface area contributed by atoms with Gasteiger partial charge >= 0.3 is 0 Å². The molecule has 0 bridgehead atoms. The van der Waals surface area contributed by atoms with E-state index in [1.54, 1.807) is 6.07 Å². The monoisotopic (exact) mass is 457 g/mol. The van der Waals surface area contributed by atoms with Crippen LogP contribution in [0, 0.1) is 0 Å². The number of fused-ring (bicyclic) bond motifs is 1. The highest BCUT2D eigenvalue weighted by molar-refractivity contribution is 5.98. The van der Waals surface area contributed by atoms with Crippen LogP contribution in [0.4, 0.5) is 8.78 Å². The molecule has 2 aromatic carbocycles. The van der Waals surface area contributed by atoms with Gasteiger partial charge in [0.15, 0.2) is 0 Å². The topological polar surface area (TPSA) is 104 Å². The van der Waals surface area contributed by atoms with Gasteiger partial charge < -0.3 is 21.5 Å². The first-order valence-electron chi connectivity index (χ1n) is 11.3. The molecule has 2 aliphatic rings. The summed E-state index contributed by atoms with van der Waals surface area (Å²) in [5, 5.41) is 16.7. The fourth-order valence-corrected chi connectivity index (χ4v) is 4.81. The van der Waals surface area contributed by atoms with E-state index in [1.807, 2.05) is 24.3 Å². The molecular formula is C25H29F2N3O3. The van der Waals surface area contributed by atoms with Crippen LogP contribution >= 0.6 is 0 Å². The SMILES string of the molecule is NC(=O)c1ccc(C(=O)NC[C@@H](O)[C@@H]2Cc3ccccc3CN2)cc1C1CCC(F)(F)CC1. The molecule has 2 amide bonds. The maximum Gasteiger partial charge on any atom is 0.251 e. The van der Waals surface area contributed by atoms with E-state index >= 15 is 0 Å². The molecular weight excluding hydrogens is 428 g/mol. The number of rotatable bonds is 6. The van der Waals surface area contributed by atoms with Gasteiger partial charge in [-0.25, -0.2) is 8.78 Å². The standard InChI is InChI=1S/C25H29F2N3O3/c26-25(27)9-7-15(8-10-25)20-11-17(5-6-19(20)23(28)32)24(33)30-14-22(31)21-12-16-3-1-2-4-18(16)13-29-21/h1-6,11,15,21-22,29,31H,7-10,12-14H2,(H2,28,32)(H,30,33)/t21-,22+/m0/s1. The van der Waals surface area contributed by atoms with Gasteiger partial charge in [-0.15, -0.1) is 0 Å². The third-order valence-corrected chi connectivity index (χ3v) is 6.79. The van der Waals surface area contributed by atoms with Gasteiger partial charge in [-0.05, 0) is 60.1 Å². The molecule has 1 saturated carbocycles. The Morgan fingerprint density at radius 2 is 1.85 bits per heavy atom. The molecule has 4 rings (SSSR count). The highest BCUT2D eigenvalue weighted by Crippen LogP contribution is 2.42. The molecule has 2 atom stereocenters. The van der Waals surface area contributed by atoms with E-state index in [1.165, 1.54) is 23.3 Å². The van der Waals surface area contributed by atoms with Gasteiger partial charge in [0.2, 0.25) is 11.8 Å². The van der Waals surface area contributed by atoms with Crippen molar-refractivity contribution in [2.75, 3.05) is 6.54 Å². The zero-order valence-corrected chi connectivity index (χ0v) is 18.3. The number of amides is 2. The fraction of sp³-hybridized carbons (Fsp3) is 0.440. The van der Waals surface area contributed by atoms with E-state index in [9.17, 15) is 23.5 Å². The predicted molar refractivity (Wildman–Crippen MR) is 120 cm³/mol. The third-order valence-electron chi connectivity index (χ3n) is 6.79. The molecule has 5 N–H and O–H groups in total. The first-order valence-corrected chi connectivity index (χ1v) is 11.3. The Hall–Kier alpha value is -2.84. The maximum atomic E-state index is 13.6. The Bertz CT molecular complexity index is 1030. The Morgan fingerprint density at radius 3 is 2.55 bits per heavy atom. The van der Waals surface area contributed by atoms with E-state index in [2.05, 4.69) is 10.6 Å². The average Bonchev–Trinajstić information content (AvgIpc) is 2.81. The molecule has 33 heavy (non-hydrogen) atoms. The first-order chi connectivity index (χ1) is 15.7. The summed E-state index contributed by atoms with van der Waals surface area (Å²) in [6.45, 7) is 0.714. The smallest absolute Gasteiger partial charge is 0.251 e. The van der Waals surface area contributed by atoms with Crippen molar-refractivity contribution in [3.8, 4) is 0 Å². The van der Waals surface area contributed by atoms with Crippen molar-refractivity contribution in [1.29, 1.82) is 0 Å². The summed E-state index contributed by atoms with van der Waals surface area (Å²) in [7, 11) is 0. The summed E-state index contributed by atoms with van der Waals surface area (Å²) in [6, 6.07) is 12.4. The molecule has 0 radical (unpaired) electrons. The number of hydrogen-bond donors (Lipinski definition) is 4. The van der Waals surface area contributed by atoms with Crippen LogP contribution < -0.4 is 16.4 Å². The second kappa shape index (κ2) is 9.57. The molecule has 6 nitrogen and oxygen atoms in total. The molecule has 0 saturated heterocycles. The van der Waals surface area contributed by atoms with Crippen molar-refractivity contribution in [3.05, 3.63) is 70.3 Å². The second-order valence-corrected chi connectivity index (χ2v) is 9.03. The summed E-state index contributed by atoms with van der Waals surface area (Å²) in [5.74, 6) is -3.99. The van der Waals surface area contributed by atoms with Crippen LogP contribution in [0.25, 0.3) is 0 Å². The van der Waals surface area contributed by atoms with Crippen LogP contribution in [-0.4, -0.2) is 41.5 Å². The van der Waals surface area contributed by atoms with Crippen molar-refractivity contribution >= 4 is 11.8 Å². The van der Waals surface area contributed by atoms with Crippen LogP contribution in [0.15, 0.2) is 42.5 Å². The van der Waals surface area contributed by atoms with Crippen molar-refractivity contribution in [1.82, 2.24) is 10.6 Å². The number of nitrogens with one attached hydrogen (secondary N) is 2. The van der Waals surface area contributed by atoms with Gasteiger partial charge in [-0.3, -0.25) is 9.59 Å². The van der Waals surface area contributed by atoms with Crippen molar-refractivity contribution < 1.29 is 23.5 Å². The number of aliphatic hydroxyl groups is 1. The molecule has 1 fully saturated rings. The zero-order chi connectivity index (χ0) is 23.6. The number of alkyl halides is 2. The summed E-state index contributed by atoms with van der Waals surface area (Å²) < 4.78 is 27.2. The van der Waals surface area contributed by atoms with Crippen molar-refractivity contribution in [3.63, 3.8) is 0 Å². The van der Waals surface area contributed by atoms with E-state index < -0.39 is 23.8 Å². The van der Waals surface area contributed by atoms with Crippen molar-refractivity contribution in [2.24, 2.45) is 5.73 Å². The normalized spacial score (nSPS) is 21.1. The summed E-state index contributed by atoms with van der Waals surface area (Å²) in [4.78, 5) is 24.7. The minimum Gasteiger partial charge on any atom is -0.390 e. The lowest BCUT2D eigenvalue weighted by atomic mass is 9.80. The first kappa shape index (κ1) is 23.3. The molecule has 0 spiro atoms. The lowest BCUT2D eigenvalue weighted by molar-refractivity contribution is -0.0382. The summed E-state index contributed by atoms with van der Waals surface area (Å²) in [6.07, 6.45) is -0.173. The number of aliphatic hydroxyl groups excluding tert-OH is 1. The molecule has 0 unspecified atom stereocenters. The Morgan fingerprint density at radius 1 is 1.15 bits per heavy atom. The zero-order valence-electron chi connectivity index (χ0n) is 18.3. The number of carbonyl (C=O) groups is 2. The molecule has 2 aromatic rings. The van der Waals surface area contributed by atoms with Gasteiger partial charge in [-0.1, -0.05) is 24.3 Å². The molecule has 8 heteroatoms. The van der Waals surface area contributed by atoms with Crippen LogP contribution in [0.2, 0.25) is 0 Å². The molecule has 1 aliphatic carbocycles. The molecule has 0 aromatic heterocycles. The number of nitrogens with two attached hydrogens (primary N) is 1. The van der Waals surface area contributed by atoms with E-state index in [0.717, 1.165) is 0 Å². The predicted octanol–water partition coefficient (Wildman–Crippen LogP) is 2.88. The largest absolute Gasteiger partial charge is 0.390 e. The highest BCUT2D eigenvalue weighted by atomic mass is 19.3. The number of carbonyl (C=O) groups excluding carboxylic acids is 2. The van der Waals surface area contributed by atoms with Gasteiger partial charge in [0.25, 0.3) is 5.91 Å². The van der Waals surface area contributed by atoms with Crippen LogP contribution in [-0.2, 0) is 13.0 Å². The van der Waals surface area contributed by atoms with Gasteiger partial charge in [-0.2, -0.15) is 0 Å². The minimum absolute atomic E-state index is 0.0568. The maximum absolute atomic E-state index is 13.6. The summed E-state index contributed by atoms with van der Waals surface area (Å²) >= 11 is 0. The van der Waals surface area contributed by atoms with Crippen LogP contribution in [0.1, 0.15) is 69.0 Å². The van der Waals surface area contributed by atoms with Crippen molar-refractivity contribution in [2.45, 2.75) is 62.6 Å². The molecule has 176 valence electrons.